The number of piperidine rings is 1. The lowest BCUT2D eigenvalue weighted by atomic mass is 9.45. The monoisotopic (exact) mass is 564 g/mol. The number of rotatable bonds is 6. The van der Waals surface area contributed by atoms with Gasteiger partial charge in [0.1, 0.15) is 6.10 Å². The van der Waals surface area contributed by atoms with Gasteiger partial charge in [0.25, 0.3) is 0 Å². The van der Waals surface area contributed by atoms with E-state index in [1.807, 2.05) is 50.4 Å². The van der Waals surface area contributed by atoms with Gasteiger partial charge in [-0.15, -0.1) is 0 Å². The van der Waals surface area contributed by atoms with Crippen LogP contribution in [0.25, 0.3) is 6.08 Å². The summed E-state index contributed by atoms with van der Waals surface area (Å²) in [4.78, 5) is 17.9. The van der Waals surface area contributed by atoms with E-state index in [1.54, 1.807) is 17.0 Å². The minimum absolute atomic E-state index is 0.0674. The number of hydrogen-bond donors (Lipinski definition) is 2. The highest BCUT2D eigenvalue weighted by atomic mass is 16.5. The van der Waals surface area contributed by atoms with Gasteiger partial charge in [-0.1, -0.05) is 73.2 Å². The predicted molar refractivity (Wildman–Crippen MR) is 164 cm³/mol. The summed E-state index contributed by atoms with van der Waals surface area (Å²) >= 11 is 0. The van der Waals surface area contributed by atoms with Crippen LogP contribution >= 0.6 is 0 Å². The number of hydrogen-bond acceptors (Lipinski definition) is 5. The van der Waals surface area contributed by atoms with Crippen LogP contribution in [0, 0.1) is 12.8 Å². The van der Waals surface area contributed by atoms with Crippen LogP contribution < -0.4 is 4.74 Å². The molecule has 218 valence electrons. The SMILES string of the molecule is Cc1cccc(/C=C/C(=O)N(C)C2CC(C)[C@@]3(O)[C@H]4Cc5ccc(O)c6c5[C@@]3(CCN4CCc3ccccc3)C2O6)c1. The quantitative estimate of drug-likeness (QED) is 0.418. The van der Waals surface area contributed by atoms with Crippen molar-refractivity contribution >= 4 is 12.0 Å². The Morgan fingerprint density at radius 1 is 1.14 bits per heavy atom. The molecule has 1 spiro atoms. The third-order valence-corrected chi connectivity index (χ3v) is 10.8. The van der Waals surface area contributed by atoms with Gasteiger partial charge >= 0.3 is 0 Å². The number of aromatic hydroxyl groups is 1. The van der Waals surface area contributed by atoms with E-state index in [4.69, 9.17) is 4.74 Å². The normalized spacial score (nSPS) is 31.0. The van der Waals surface area contributed by atoms with Crippen LogP contribution in [0.15, 0.2) is 72.8 Å². The number of aliphatic hydroxyl groups is 1. The fourth-order valence-electron chi connectivity index (χ4n) is 8.81. The van der Waals surface area contributed by atoms with E-state index in [2.05, 4.69) is 42.2 Å². The number of aryl methyl sites for hydroxylation is 1. The molecule has 2 aliphatic carbocycles. The van der Waals surface area contributed by atoms with Crippen molar-refractivity contribution in [2.45, 2.75) is 68.7 Å². The second-order valence-electron chi connectivity index (χ2n) is 12.9. The van der Waals surface area contributed by atoms with Crippen molar-refractivity contribution in [3.8, 4) is 11.5 Å². The van der Waals surface area contributed by atoms with Crippen molar-refractivity contribution in [2.75, 3.05) is 20.1 Å². The fraction of sp³-hybridized carbons (Fsp3) is 0.417. The minimum atomic E-state index is -1.05. The summed E-state index contributed by atoms with van der Waals surface area (Å²) < 4.78 is 6.70. The number of ether oxygens (including phenoxy) is 1. The number of nitrogens with zero attached hydrogens (tertiary/aromatic N) is 2. The van der Waals surface area contributed by atoms with E-state index in [0.29, 0.717) is 18.6 Å². The summed E-state index contributed by atoms with van der Waals surface area (Å²) in [5.74, 6) is 0.448. The first-order chi connectivity index (χ1) is 20.2. The largest absolute Gasteiger partial charge is 0.504 e. The Bertz CT molecular complexity index is 1550. The van der Waals surface area contributed by atoms with Gasteiger partial charge in [0, 0.05) is 31.3 Å². The van der Waals surface area contributed by atoms with Crippen molar-refractivity contribution in [2.24, 2.45) is 5.92 Å². The molecule has 0 radical (unpaired) electrons. The second-order valence-corrected chi connectivity index (χ2v) is 12.9. The van der Waals surface area contributed by atoms with E-state index < -0.39 is 17.1 Å². The highest BCUT2D eigenvalue weighted by Crippen LogP contribution is 2.67. The Kier molecular flexibility index (Phi) is 6.48. The van der Waals surface area contributed by atoms with E-state index in [9.17, 15) is 15.0 Å². The van der Waals surface area contributed by atoms with Crippen LogP contribution in [-0.2, 0) is 23.1 Å². The van der Waals surface area contributed by atoms with Crippen molar-refractivity contribution in [3.05, 3.63) is 101 Å². The second kappa shape index (κ2) is 9.99. The zero-order valence-corrected chi connectivity index (χ0v) is 24.7. The van der Waals surface area contributed by atoms with Gasteiger partial charge in [-0.05, 0) is 73.9 Å². The summed E-state index contributed by atoms with van der Waals surface area (Å²) in [7, 11) is 1.85. The molecule has 6 heteroatoms. The maximum absolute atomic E-state index is 13.6. The Morgan fingerprint density at radius 3 is 2.74 bits per heavy atom. The van der Waals surface area contributed by atoms with Crippen LogP contribution in [0.5, 0.6) is 11.5 Å². The number of benzene rings is 3. The molecule has 3 aromatic carbocycles. The maximum Gasteiger partial charge on any atom is 0.246 e. The van der Waals surface area contributed by atoms with Gasteiger partial charge in [0.15, 0.2) is 11.5 Å². The highest BCUT2D eigenvalue weighted by molar-refractivity contribution is 5.92. The van der Waals surface area contributed by atoms with Gasteiger partial charge in [0.2, 0.25) is 5.91 Å². The zero-order valence-electron chi connectivity index (χ0n) is 24.7. The highest BCUT2D eigenvalue weighted by Gasteiger charge is 2.75. The number of carbonyl (C=O) groups is 1. The minimum Gasteiger partial charge on any atom is -0.504 e. The molecule has 2 fully saturated rings. The molecule has 0 aromatic heterocycles. The molecule has 2 heterocycles. The van der Waals surface area contributed by atoms with Gasteiger partial charge in [-0.3, -0.25) is 9.69 Å². The van der Waals surface area contributed by atoms with E-state index in [-0.39, 0.29) is 29.7 Å². The topological polar surface area (TPSA) is 73.2 Å². The molecule has 3 unspecified atom stereocenters. The Balaban J connectivity index is 1.24. The molecule has 1 saturated heterocycles. The maximum atomic E-state index is 13.6. The molecule has 1 amide bonds. The lowest BCUT2D eigenvalue weighted by molar-refractivity contribution is -0.224. The zero-order chi connectivity index (χ0) is 29.2. The standard InChI is InChI=1S/C36H40N2O4/c1-23-8-7-11-26(20-23)12-15-31(40)37(3)28-21-24(2)36(41)30-22-27-13-14-29(39)33-32(27)35(36,34(28)42-33)17-19-38(30)18-16-25-9-5-4-6-10-25/h4-15,20,24,28,30,34,39,41H,16-19,21-22H2,1-3H3/b15-12+/t24?,28?,30-,34?,35+,36-/m1/s1. The first-order valence-corrected chi connectivity index (χ1v) is 15.3. The number of carbonyl (C=O) groups excluding carboxylic acids is 1. The number of phenols is 1. The van der Waals surface area contributed by atoms with Crippen LogP contribution in [0.2, 0.25) is 0 Å². The van der Waals surface area contributed by atoms with E-state index in [0.717, 1.165) is 48.2 Å². The van der Waals surface area contributed by atoms with Crippen LogP contribution in [0.3, 0.4) is 0 Å². The lowest BCUT2D eigenvalue weighted by Gasteiger charge is -2.66. The van der Waals surface area contributed by atoms with Crippen molar-refractivity contribution in [1.29, 1.82) is 0 Å². The molecule has 6 atom stereocenters. The van der Waals surface area contributed by atoms with Crippen molar-refractivity contribution in [3.63, 3.8) is 0 Å². The van der Waals surface area contributed by atoms with E-state index >= 15 is 0 Å². The molecule has 2 bridgehead atoms. The van der Waals surface area contributed by atoms with Crippen LogP contribution in [0.4, 0.5) is 0 Å². The Labute approximate surface area is 248 Å². The summed E-state index contributed by atoms with van der Waals surface area (Å²) in [6.07, 6.45) is 6.04. The average molecular weight is 565 g/mol. The molecule has 1 saturated carbocycles. The smallest absolute Gasteiger partial charge is 0.246 e. The predicted octanol–water partition coefficient (Wildman–Crippen LogP) is 4.88. The van der Waals surface area contributed by atoms with Crippen LogP contribution in [-0.4, -0.2) is 69.8 Å². The fourth-order valence-corrected chi connectivity index (χ4v) is 8.81. The Morgan fingerprint density at radius 2 is 1.95 bits per heavy atom. The van der Waals surface area contributed by atoms with Gasteiger partial charge in [-0.2, -0.15) is 0 Å². The van der Waals surface area contributed by atoms with Crippen molar-refractivity contribution < 1.29 is 19.7 Å². The number of likely N-dealkylation sites (N-methyl/N-ethyl adjacent to an activating group) is 1. The molecular formula is C36H40N2O4. The molecular weight excluding hydrogens is 524 g/mol. The van der Waals surface area contributed by atoms with Crippen molar-refractivity contribution in [1.82, 2.24) is 9.80 Å². The third-order valence-electron chi connectivity index (χ3n) is 10.8. The van der Waals surface area contributed by atoms with Gasteiger partial charge in [-0.25, -0.2) is 0 Å². The Hall–Kier alpha value is -3.61. The molecule has 2 N–H and O–H groups in total. The molecule has 42 heavy (non-hydrogen) atoms. The summed E-state index contributed by atoms with van der Waals surface area (Å²) in [5.41, 5.74) is 3.81. The van der Waals surface area contributed by atoms with Crippen LogP contribution in [0.1, 0.15) is 47.6 Å². The number of phenolic OH excluding ortho intramolecular Hbond substituents is 1. The number of likely N-dealkylation sites (tertiary alicyclic amines) is 1. The molecule has 2 aliphatic heterocycles. The summed E-state index contributed by atoms with van der Waals surface area (Å²) in [6.45, 7) is 5.89. The first-order valence-electron chi connectivity index (χ1n) is 15.3. The summed E-state index contributed by atoms with van der Waals surface area (Å²) in [6, 6.07) is 22.1. The number of amides is 1. The van der Waals surface area contributed by atoms with Gasteiger partial charge in [0.05, 0.1) is 17.1 Å². The first kappa shape index (κ1) is 27.2. The molecule has 6 nitrogen and oxygen atoms in total. The third kappa shape index (κ3) is 3.88. The molecule has 7 rings (SSSR count). The molecule has 4 aliphatic rings. The average Bonchev–Trinajstić information content (AvgIpc) is 3.34. The molecule has 3 aromatic rings. The van der Waals surface area contributed by atoms with E-state index in [1.165, 1.54) is 5.56 Å². The lowest BCUT2D eigenvalue weighted by Crippen LogP contribution is -2.80. The van der Waals surface area contributed by atoms with Gasteiger partial charge < -0.3 is 19.8 Å². The summed E-state index contributed by atoms with van der Waals surface area (Å²) in [5, 5.41) is 24.0.